The summed E-state index contributed by atoms with van der Waals surface area (Å²) in [4.78, 5) is 39.6. The summed E-state index contributed by atoms with van der Waals surface area (Å²) < 4.78 is 4.88. The summed E-state index contributed by atoms with van der Waals surface area (Å²) in [6, 6.07) is 8.73. The molecule has 160 valence electrons. The first kappa shape index (κ1) is 23.6. The lowest BCUT2D eigenvalue weighted by Gasteiger charge is -2.19. The van der Waals surface area contributed by atoms with E-state index < -0.39 is 18.5 Å². The van der Waals surface area contributed by atoms with Gasteiger partial charge in [-0.05, 0) is 29.2 Å². The number of carbonyl (C=O) groups is 3. The number of halogens is 2. The Balaban J connectivity index is 1.71. The lowest BCUT2D eigenvalue weighted by atomic mass is 9.87. The molecule has 9 heteroatoms. The number of benzene rings is 1. The van der Waals surface area contributed by atoms with Gasteiger partial charge in [-0.15, -0.1) is 0 Å². The average molecular weight is 452 g/mol. The summed E-state index contributed by atoms with van der Waals surface area (Å²) in [6.07, 6.45) is 1.26. The minimum absolute atomic E-state index is 0.0000106. The van der Waals surface area contributed by atoms with E-state index in [2.05, 4.69) is 36.4 Å². The number of rotatable bonds is 7. The molecule has 0 spiro atoms. The molecule has 1 aromatic carbocycles. The molecule has 0 aliphatic heterocycles. The largest absolute Gasteiger partial charge is 0.456 e. The monoisotopic (exact) mass is 451 g/mol. The van der Waals surface area contributed by atoms with Gasteiger partial charge in [0.1, 0.15) is 0 Å². The van der Waals surface area contributed by atoms with Gasteiger partial charge in [-0.25, -0.2) is 4.98 Å². The van der Waals surface area contributed by atoms with Crippen LogP contribution in [0.5, 0.6) is 0 Å². The SMILES string of the molecule is CC(C)(C)c1ccc(C(=O)NCCC(=O)OCC(=O)Nc2ncc(Cl)cc2Cl)cc1. The summed E-state index contributed by atoms with van der Waals surface area (Å²) >= 11 is 11.6. The number of amides is 2. The number of hydrogen-bond acceptors (Lipinski definition) is 5. The van der Waals surface area contributed by atoms with Gasteiger partial charge in [-0.3, -0.25) is 14.4 Å². The van der Waals surface area contributed by atoms with E-state index in [0.29, 0.717) is 10.6 Å². The molecule has 2 amide bonds. The standard InChI is InChI=1S/C21H23Cl2N3O4/c1-21(2,3)14-6-4-13(5-7-14)20(29)24-9-8-18(28)30-12-17(27)26-19-16(23)10-15(22)11-25-19/h4-7,10-11H,8-9,12H2,1-3H3,(H,24,29)(H,25,26,27). The van der Waals surface area contributed by atoms with E-state index in [1.807, 2.05) is 12.1 Å². The summed E-state index contributed by atoms with van der Waals surface area (Å²) in [5.74, 6) is -1.39. The van der Waals surface area contributed by atoms with Crippen molar-refractivity contribution in [1.29, 1.82) is 0 Å². The van der Waals surface area contributed by atoms with Gasteiger partial charge in [0.05, 0.1) is 16.5 Å². The van der Waals surface area contributed by atoms with Crippen LogP contribution in [-0.2, 0) is 19.7 Å². The van der Waals surface area contributed by atoms with Crippen molar-refractivity contribution in [2.75, 3.05) is 18.5 Å². The van der Waals surface area contributed by atoms with Crippen molar-refractivity contribution in [3.8, 4) is 0 Å². The van der Waals surface area contributed by atoms with Crippen LogP contribution in [0.4, 0.5) is 5.82 Å². The summed E-state index contributed by atoms with van der Waals surface area (Å²) in [6.45, 7) is 5.87. The number of ether oxygens (including phenoxy) is 1. The molecule has 0 saturated carbocycles. The average Bonchev–Trinajstić information content (AvgIpc) is 2.68. The minimum Gasteiger partial charge on any atom is -0.456 e. The van der Waals surface area contributed by atoms with Crippen molar-refractivity contribution < 1.29 is 19.1 Å². The number of aromatic nitrogens is 1. The Kier molecular flexibility index (Phi) is 8.20. The van der Waals surface area contributed by atoms with E-state index in [-0.39, 0.29) is 35.1 Å². The summed E-state index contributed by atoms with van der Waals surface area (Å²) in [5.41, 5.74) is 1.62. The molecule has 0 atom stereocenters. The molecule has 0 aliphatic carbocycles. The molecule has 1 aromatic heterocycles. The van der Waals surface area contributed by atoms with Crippen LogP contribution in [0.2, 0.25) is 10.0 Å². The first-order chi connectivity index (χ1) is 14.1. The number of hydrogen-bond donors (Lipinski definition) is 2. The zero-order valence-corrected chi connectivity index (χ0v) is 18.4. The van der Waals surface area contributed by atoms with Crippen LogP contribution >= 0.6 is 23.2 Å². The maximum absolute atomic E-state index is 12.2. The molecule has 7 nitrogen and oxygen atoms in total. The number of anilines is 1. The van der Waals surface area contributed by atoms with Gasteiger partial charge in [0.25, 0.3) is 11.8 Å². The van der Waals surface area contributed by atoms with Crippen LogP contribution in [-0.4, -0.2) is 35.9 Å². The summed E-state index contributed by atoms with van der Waals surface area (Å²) in [7, 11) is 0. The summed E-state index contributed by atoms with van der Waals surface area (Å²) in [5, 5.41) is 5.56. The van der Waals surface area contributed by atoms with Crippen LogP contribution in [0.15, 0.2) is 36.5 Å². The van der Waals surface area contributed by atoms with Crippen LogP contribution < -0.4 is 10.6 Å². The maximum atomic E-state index is 12.2. The molecule has 0 radical (unpaired) electrons. The number of carbonyl (C=O) groups excluding carboxylic acids is 3. The highest BCUT2D eigenvalue weighted by Crippen LogP contribution is 2.23. The number of esters is 1. The normalized spacial score (nSPS) is 11.0. The van der Waals surface area contributed by atoms with Gasteiger partial charge in [0.15, 0.2) is 12.4 Å². The Morgan fingerprint density at radius 2 is 1.77 bits per heavy atom. The molecular formula is C21H23Cl2N3O4. The van der Waals surface area contributed by atoms with E-state index in [1.54, 1.807) is 12.1 Å². The third-order valence-electron chi connectivity index (χ3n) is 4.06. The Hall–Kier alpha value is -2.64. The molecule has 1 heterocycles. The van der Waals surface area contributed by atoms with Crippen LogP contribution in [0.1, 0.15) is 43.1 Å². The van der Waals surface area contributed by atoms with Gasteiger partial charge in [-0.1, -0.05) is 56.1 Å². The fraction of sp³-hybridized carbons (Fsp3) is 0.333. The number of pyridine rings is 1. The van der Waals surface area contributed by atoms with Crippen molar-refractivity contribution in [3.63, 3.8) is 0 Å². The first-order valence-electron chi connectivity index (χ1n) is 9.21. The van der Waals surface area contributed by atoms with E-state index in [0.717, 1.165) is 5.56 Å². The Bertz CT molecular complexity index is 925. The molecule has 0 bridgehead atoms. The third kappa shape index (κ3) is 7.31. The highest BCUT2D eigenvalue weighted by molar-refractivity contribution is 6.36. The molecule has 0 aliphatic rings. The smallest absolute Gasteiger partial charge is 0.308 e. The first-order valence-corrected chi connectivity index (χ1v) is 9.97. The van der Waals surface area contributed by atoms with Crippen LogP contribution in [0, 0.1) is 0 Å². The lowest BCUT2D eigenvalue weighted by Crippen LogP contribution is -2.28. The predicted octanol–water partition coefficient (Wildman–Crippen LogP) is 3.99. The molecule has 0 unspecified atom stereocenters. The quantitative estimate of drug-likeness (QED) is 0.620. The van der Waals surface area contributed by atoms with E-state index in [9.17, 15) is 14.4 Å². The van der Waals surface area contributed by atoms with Crippen molar-refractivity contribution in [3.05, 3.63) is 57.7 Å². The van der Waals surface area contributed by atoms with Gasteiger partial charge in [0.2, 0.25) is 0 Å². The maximum Gasteiger partial charge on any atom is 0.308 e. The molecule has 2 rings (SSSR count). The second kappa shape index (κ2) is 10.4. The van der Waals surface area contributed by atoms with Crippen LogP contribution in [0.3, 0.4) is 0 Å². The van der Waals surface area contributed by atoms with Crippen molar-refractivity contribution in [2.45, 2.75) is 32.6 Å². The zero-order valence-electron chi connectivity index (χ0n) is 16.9. The molecule has 2 aromatic rings. The van der Waals surface area contributed by atoms with Crippen molar-refractivity contribution in [2.24, 2.45) is 0 Å². The van der Waals surface area contributed by atoms with Crippen molar-refractivity contribution in [1.82, 2.24) is 10.3 Å². The number of nitrogens with one attached hydrogen (secondary N) is 2. The van der Waals surface area contributed by atoms with Gasteiger partial charge in [0, 0.05) is 18.3 Å². The van der Waals surface area contributed by atoms with Crippen molar-refractivity contribution >= 4 is 46.8 Å². The molecule has 0 saturated heterocycles. The van der Waals surface area contributed by atoms with Gasteiger partial charge in [-0.2, -0.15) is 0 Å². The second-order valence-electron chi connectivity index (χ2n) is 7.53. The van der Waals surface area contributed by atoms with Gasteiger partial charge < -0.3 is 15.4 Å². The number of nitrogens with zero attached hydrogens (tertiary/aromatic N) is 1. The third-order valence-corrected chi connectivity index (χ3v) is 4.55. The predicted molar refractivity (Wildman–Crippen MR) is 116 cm³/mol. The van der Waals surface area contributed by atoms with Gasteiger partial charge >= 0.3 is 5.97 Å². The Morgan fingerprint density at radius 1 is 1.10 bits per heavy atom. The minimum atomic E-state index is -0.622. The zero-order chi connectivity index (χ0) is 22.3. The fourth-order valence-corrected chi connectivity index (χ4v) is 2.82. The highest BCUT2D eigenvalue weighted by Gasteiger charge is 2.15. The fourth-order valence-electron chi connectivity index (χ4n) is 2.39. The lowest BCUT2D eigenvalue weighted by molar-refractivity contribution is -0.147. The van der Waals surface area contributed by atoms with E-state index in [4.69, 9.17) is 27.9 Å². The van der Waals surface area contributed by atoms with E-state index in [1.165, 1.54) is 12.3 Å². The second-order valence-corrected chi connectivity index (χ2v) is 8.37. The molecule has 0 fully saturated rings. The Labute approximate surface area is 185 Å². The highest BCUT2D eigenvalue weighted by atomic mass is 35.5. The topological polar surface area (TPSA) is 97.4 Å². The Morgan fingerprint density at radius 3 is 2.37 bits per heavy atom. The molecule has 2 N–H and O–H groups in total. The van der Waals surface area contributed by atoms with E-state index >= 15 is 0 Å². The molecule has 30 heavy (non-hydrogen) atoms. The molecular weight excluding hydrogens is 429 g/mol. The van der Waals surface area contributed by atoms with Crippen LogP contribution in [0.25, 0.3) is 0 Å².